The van der Waals surface area contributed by atoms with Gasteiger partial charge in [0.2, 0.25) is 17.8 Å². The van der Waals surface area contributed by atoms with Gasteiger partial charge in [0.1, 0.15) is 0 Å². The molecule has 1 amide bonds. The monoisotopic (exact) mass is 525 g/mol. The first-order chi connectivity index (χ1) is 18.8. The van der Waals surface area contributed by atoms with E-state index in [0.717, 1.165) is 25.7 Å². The number of amides is 1. The molecular weight excluding hydrogens is 482 g/mol. The zero-order valence-corrected chi connectivity index (χ0v) is 22.4. The van der Waals surface area contributed by atoms with Gasteiger partial charge in [0.05, 0.1) is 26.4 Å². The summed E-state index contributed by atoms with van der Waals surface area (Å²) in [7, 11) is 0. The molecule has 2 aliphatic carbocycles. The summed E-state index contributed by atoms with van der Waals surface area (Å²) in [4.78, 5) is 25.9. The molecule has 1 heterocycles. The molecule has 10 heteroatoms. The zero-order valence-electron chi connectivity index (χ0n) is 22.4. The number of hydrogen-bond donors (Lipinski definition) is 4. The van der Waals surface area contributed by atoms with E-state index < -0.39 is 0 Å². The lowest BCUT2D eigenvalue weighted by Crippen LogP contribution is -2.27. The molecule has 2 aliphatic rings. The van der Waals surface area contributed by atoms with Gasteiger partial charge in [-0.1, -0.05) is 56.7 Å². The molecule has 1 aromatic carbocycles. The molecule has 0 atom stereocenters. The van der Waals surface area contributed by atoms with Crippen LogP contribution in [0.4, 0.5) is 17.8 Å². The Balaban J connectivity index is 1.13. The first-order valence-electron chi connectivity index (χ1n) is 14.3. The third-order valence-corrected chi connectivity index (χ3v) is 6.98. The number of aromatic nitrogens is 3. The lowest BCUT2D eigenvalue weighted by molar-refractivity contribution is 0.0519. The average molecular weight is 526 g/mol. The number of nitrogens with one attached hydrogen (secondary N) is 4. The van der Waals surface area contributed by atoms with Gasteiger partial charge < -0.3 is 30.7 Å². The number of hydrogen-bond acceptors (Lipinski definition) is 9. The summed E-state index contributed by atoms with van der Waals surface area (Å²) in [6, 6.07) is 10.0. The van der Waals surface area contributed by atoms with E-state index in [1.54, 1.807) is 12.1 Å². The number of rotatable bonds is 15. The molecule has 4 N–H and O–H groups in total. The highest BCUT2D eigenvalue weighted by molar-refractivity contribution is 5.94. The lowest BCUT2D eigenvalue weighted by Gasteiger charge is -2.18. The van der Waals surface area contributed by atoms with Gasteiger partial charge in [-0.05, 0) is 37.8 Å². The van der Waals surface area contributed by atoms with Crippen molar-refractivity contribution in [3.8, 4) is 0 Å². The standard InChI is InChI=1S/C28H43N7O3/c36-25(22-10-4-3-5-11-22)29-16-18-37-20-21-38-19-17-30-26-33-27(31-23-12-6-1-2-7-13-23)35-28(34-26)32-24-14-8-9-15-24/h3-5,10-11,23-24H,1-2,6-9,12-21H2,(H,29,36)(H3,30,31,32,33,34,35). The maximum Gasteiger partial charge on any atom is 0.251 e. The summed E-state index contributed by atoms with van der Waals surface area (Å²) < 4.78 is 11.2. The highest BCUT2D eigenvalue weighted by Gasteiger charge is 2.18. The molecular formula is C28H43N7O3. The molecule has 2 aromatic rings. The van der Waals surface area contributed by atoms with Crippen LogP contribution in [-0.4, -0.2) is 72.5 Å². The van der Waals surface area contributed by atoms with E-state index in [4.69, 9.17) is 9.47 Å². The van der Waals surface area contributed by atoms with Crippen molar-refractivity contribution in [3.05, 3.63) is 35.9 Å². The summed E-state index contributed by atoms with van der Waals surface area (Å²) in [5, 5.41) is 13.2. The Bertz CT molecular complexity index is 949. The second-order valence-corrected chi connectivity index (χ2v) is 10.0. The minimum absolute atomic E-state index is 0.0935. The van der Waals surface area contributed by atoms with Crippen LogP contribution in [0.25, 0.3) is 0 Å². The lowest BCUT2D eigenvalue weighted by atomic mass is 10.1. The normalized spacial score (nSPS) is 16.6. The van der Waals surface area contributed by atoms with E-state index in [1.165, 1.54) is 38.5 Å². The number of anilines is 3. The molecule has 0 spiro atoms. The minimum atomic E-state index is -0.0935. The van der Waals surface area contributed by atoms with Crippen LogP contribution in [0.3, 0.4) is 0 Å². The smallest absolute Gasteiger partial charge is 0.251 e. The zero-order chi connectivity index (χ0) is 26.3. The predicted molar refractivity (Wildman–Crippen MR) is 150 cm³/mol. The Hall–Kier alpha value is -2.98. The van der Waals surface area contributed by atoms with Gasteiger partial charge in [0.25, 0.3) is 5.91 Å². The summed E-state index contributed by atoms with van der Waals surface area (Å²) in [5.74, 6) is 1.75. The van der Waals surface area contributed by atoms with Gasteiger partial charge >= 0.3 is 0 Å². The van der Waals surface area contributed by atoms with Crippen LogP contribution in [0, 0.1) is 0 Å². The highest BCUT2D eigenvalue weighted by atomic mass is 16.5. The Morgan fingerprint density at radius 2 is 1.21 bits per heavy atom. The molecule has 2 fully saturated rings. The summed E-state index contributed by atoms with van der Waals surface area (Å²) in [5.41, 5.74) is 0.648. The number of benzene rings is 1. The summed E-state index contributed by atoms with van der Waals surface area (Å²) >= 11 is 0. The molecule has 38 heavy (non-hydrogen) atoms. The van der Waals surface area contributed by atoms with Crippen LogP contribution in [-0.2, 0) is 9.47 Å². The van der Waals surface area contributed by atoms with Crippen molar-refractivity contribution in [1.29, 1.82) is 0 Å². The van der Waals surface area contributed by atoms with Gasteiger partial charge in [0, 0.05) is 30.7 Å². The van der Waals surface area contributed by atoms with Crippen LogP contribution in [0.15, 0.2) is 30.3 Å². The fraction of sp³-hybridized carbons (Fsp3) is 0.643. The molecule has 2 saturated carbocycles. The van der Waals surface area contributed by atoms with Gasteiger partial charge in [-0.15, -0.1) is 0 Å². The van der Waals surface area contributed by atoms with Crippen molar-refractivity contribution in [1.82, 2.24) is 20.3 Å². The maximum atomic E-state index is 12.0. The third kappa shape index (κ3) is 10.1. The molecule has 1 aromatic heterocycles. The first kappa shape index (κ1) is 28.0. The van der Waals surface area contributed by atoms with Crippen molar-refractivity contribution >= 4 is 23.8 Å². The molecule has 0 unspecified atom stereocenters. The molecule has 208 valence electrons. The topological polar surface area (TPSA) is 122 Å². The number of carbonyl (C=O) groups is 1. The molecule has 0 aliphatic heterocycles. The third-order valence-electron chi connectivity index (χ3n) is 6.98. The van der Waals surface area contributed by atoms with Gasteiger partial charge in [-0.2, -0.15) is 15.0 Å². The van der Waals surface area contributed by atoms with Crippen molar-refractivity contribution < 1.29 is 14.3 Å². The molecule has 10 nitrogen and oxygen atoms in total. The van der Waals surface area contributed by atoms with Gasteiger partial charge in [-0.25, -0.2) is 0 Å². The summed E-state index contributed by atoms with van der Waals surface area (Å²) in [6.07, 6.45) is 12.3. The van der Waals surface area contributed by atoms with Crippen molar-refractivity contribution in [3.63, 3.8) is 0 Å². The minimum Gasteiger partial charge on any atom is -0.377 e. The SMILES string of the molecule is O=C(NCCOCCOCCNc1nc(NC2CCCCCC2)nc(NC2CCCC2)n1)c1ccccc1. The van der Waals surface area contributed by atoms with Crippen molar-refractivity contribution in [2.45, 2.75) is 76.3 Å². The average Bonchev–Trinajstić information content (AvgIpc) is 3.31. The van der Waals surface area contributed by atoms with E-state index in [0.29, 0.717) is 75.0 Å². The van der Waals surface area contributed by atoms with Crippen LogP contribution in [0.2, 0.25) is 0 Å². The predicted octanol–water partition coefficient (Wildman–Crippen LogP) is 4.24. The maximum absolute atomic E-state index is 12.0. The van der Waals surface area contributed by atoms with E-state index in [1.807, 2.05) is 18.2 Å². The van der Waals surface area contributed by atoms with Crippen molar-refractivity contribution in [2.75, 3.05) is 55.5 Å². The Kier molecular flexibility index (Phi) is 11.9. The first-order valence-corrected chi connectivity index (χ1v) is 14.3. The quantitative estimate of drug-likeness (QED) is 0.200. The van der Waals surface area contributed by atoms with Crippen LogP contribution in [0.5, 0.6) is 0 Å². The van der Waals surface area contributed by atoms with E-state index >= 15 is 0 Å². The largest absolute Gasteiger partial charge is 0.377 e. The van der Waals surface area contributed by atoms with Crippen LogP contribution in [0.1, 0.15) is 74.6 Å². The van der Waals surface area contributed by atoms with E-state index in [9.17, 15) is 4.79 Å². The molecule has 0 saturated heterocycles. The van der Waals surface area contributed by atoms with E-state index in [2.05, 4.69) is 36.2 Å². The Labute approximate surface area is 226 Å². The second-order valence-electron chi connectivity index (χ2n) is 10.0. The second kappa shape index (κ2) is 16.1. The molecule has 0 bridgehead atoms. The fourth-order valence-electron chi connectivity index (χ4n) is 4.93. The number of carbonyl (C=O) groups excluding carboxylic acids is 1. The highest BCUT2D eigenvalue weighted by Crippen LogP contribution is 2.23. The Morgan fingerprint density at radius 1 is 0.684 bits per heavy atom. The van der Waals surface area contributed by atoms with Crippen LogP contribution < -0.4 is 21.3 Å². The van der Waals surface area contributed by atoms with Crippen LogP contribution >= 0.6 is 0 Å². The van der Waals surface area contributed by atoms with Crippen molar-refractivity contribution in [2.24, 2.45) is 0 Å². The van der Waals surface area contributed by atoms with Gasteiger partial charge in [-0.3, -0.25) is 4.79 Å². The van der Waals surface area contributed by atoms with E-state index in [-0.39, 0.29) is 5.91 Å². The number of nitrogens with zero attached hydrogens (tertiary/aromatic N) is 3. The Morgan fingerprint density at radius 3 is 1.82 bits per heavy atom. The van der Waals surface area contributed by atoms with Gasteiger partial charge in [0.15, 0.2) is 0 Å². The molecule has 0 radical (unpaired) electrons. The number of ether oxygens (including phenoxy) is 2. The molecule has 4 rings (SSSR count). The summed E-state index contributed by atoms with van der Waals surface area (Å²) in [6.45, 7) is 2.95. The fourth-order valence-corrected chi connectivity index (χ4v) is 4.93.